The predicted molar refractivity (Wildman–Crippen MR) is 164 cm³/mol. The number of pyridine rings is 2. The van der Waals surface area contributed by atoms with Gasteiger partial charge in [-0.3, -0.25) is 14.4 Å². The van der Waals surface area contributed by atoms with Crippen molar-refractivity contribution in [3.05, 3.63) is 61.7 Å². The molecule has 242 valence electrons. The largest absolute Gasteiger partial charge is 0.458 e. The van der Waals surface area contributed by atoms with E-state index in [0.717, 1.165) is 28.5 Å². The number of hydrogen-bond acceptors (Lipinski definition) is 9. The smallest absolute Gasteiger partial charge is 0.343 e. The minimum absolute atomic E-state index is 0.0217. The Morgan fingerprint density at radius 1 is 1.24 bits per heavy atom. The Kier molecular flexibility index (Phi) is 7.37. The van der Waals surface area contributed by atoms with Crippen LogP contribution in [0.3, 0.4) is 0 Å². The van der Waals surface area contributed by atoms with Crippen LogP contribution in [0, 0.1) is 18.2 Å². The fourth-order valence-corrected chi connectivity index (χ4v) is 7.85. The van der Waals surface area contributed by atoms with Gasteiger partial charge in [-0.2, -0.15) is 0 Å². The molecule has 0 radical (unpaired) electrons. The fraction of sp³-hybridized carbons (Fsp3) is 0.500. The van der Waals surface area contributed by atoms with E-state index in [2.05, 4.69) is 5.32 Å². The summed E-state index contributed by atoms with van der Waals surface area (Å²) in [7, 11) is 0. The predicted octanol–water partition coefficient (Wildman–Crippen LogP) is 2.74. The first-order valence-electron chi connectivity index (χ1n) is 15.9. The topological polar surface area (TPSA) is 163 Å². The average Bonchev–Trinajstić information content (AvgIpc) is 3.39. The first-order chi connectivity index (χ1) is 22.0. The van der Waals surface area contributed by atoms with Crippen molar-refractivity contribution in [2.45, 2.75) is 83.5 Å². The third-order valence-electron chi connectivity index (χ3n) is 10.8. The van der Waals surface area contributed by atoms with Crippen molar-refractivity contribution >= 4 is 28.6 Å². The number of fused-ring (bicyclic) bond motifs is 5. The molecule has 1 amide bonds. The molecule has 4 heterocycles. The first-order valence-corrected chi connectivity index (χ1v) is 15.9. The number of Topliss-reactive ketones (excluding diaryl/α,β-unsaturated/α-hetero) is 1. The minimum atomic E-state index is -1.96. The molecule has 3 aromatic rings. The van der Waals surface area contributed by atoms with E-state index >= 15 is 4.39 Å². The number of ether oxygens (including phenoxy) is 2. The van der Waals surface area contributed by atoms with Gasteiger partial charge in [0, 0.05) is 29.0 Å². The van der Waals surface area contributed by atoms with E-state index < -0.39 is 17.0 Å². The molecule has 0 bridgehead atoms. The van der Waals surface area contributed by atoms with Gasteiger partial charge in [0.15, 0.2) is 5.60 Å². The second-order valence-corrected chi connectivity index (χ2v) is 13.1. The molecule has 1 fully saturated rings. The number of aliphatic hydroxyl groups is 1. The molecule has 4 aliphatic rings. The van der Waals surface area contributed by atoms with Crippen LogP contribution < -0.4 is 16.6 Å². The number of hydrogen-bond donors (Lipinski definition) is 3. The Balaban J connectivity index is 1.31. The zero-order valence-corrected chi connectivity index (χ0v) is 26.0. The van der Waals surface area contributed by atoms with Gasteiger partial charge >= 0.3 is 5.97 Å². The van der Waals surface area contributed by atoms with Crippen LogP contribution >= 0.6 is 0 Å². The molecule has 2 atom stereocenters. The number of rotatable bonds is 9. The van der Waals surface area contributed by atoms with Crippen LogP contribution in [0.15, 0.2) is 16.9 Å². The summed E-state index contributed by atoms with van der Waals surface area (Å²) >= 11 is 0. The van der Waals surface area contributed by atoms with Gasteiger partial charge < -0.3 is 30.2 Å². The Labute approximate surface area is 264 Å². The lowest BCUT2D eigenvalue weighted by Gasteiger charge is -2.41. The van der Waals surface area contributed by atoms with Gasteiger partial charge in [-0.1, -0.05) is 13.3 Å². The number of aryl methyl sites for hydroxylation is 1. The Hall–Kier alpha value is -4.00. The molecule has 2 aliphatic carbocycles. The highest BCUT2D eigenvalue weighted by atomic mass is 19.1. The first kappa shape index (κ1) is 30.6. The minimum Gasteiger partial charge on any atom is -0.458 e. The highest BCUT2D eigenvalue weighted by Gasteiger charge is 2.47. The van der Waals surface area contributed by atoms with Crippen LogP contribution in [0.1, 0.15) is 84.7 Å². The van der Waals surface area contributed by atoms with Crippen LogP contribution in [-0.4, -0.2) is 52.2 Å². The lowest BCUT2D eigenvalue weighted by Crippen LogP contribution is -2.44. The van der Waals surface area contributed by atoms with Gasteiger partial charge in [0.2, 0.25) is 5.91 Å². The highest BCUT2D eigenvalue weighted by Crippen LogP contribution is 2.50. The lowest BCUT2D eigenvalue weighted by atomic mass is 9.63. The van der Waals surface area contributed by atoms with Gasteiger partial charge in [-0.15, -0.1) is 0 Å². The van der Waals surface area contributed by atoms with Crippen LogP contribution in [0.4, 0.5) is 4.39 Å². The summed E-state index contributed by atoms with van der Waals surface area (Å²) < 4.78 is 27.8. The van der Waals surface area contributed by atoms with Crippen LogP contribution in [0.2, 0.25) is 0 Å². The molecule has 2 aliphatic heterocycles. The number of carbonyl (C=O) groups excluding carboxylic acids is 3. The van der Waals surface area contributed by atoms with Crippen molar-refractivity contribution in [3.8, 4) is 11.4 Å². The maximum Gasteiger partial charge on any atom is 0.343 e. The number of esters is 1. The zero-order valence-electron chi connectivity index (χ0n) is 26.0. The summed E-state index contributed by atoms with van der Waals surface area (Å²) in [4.78, 5) is 57.0. The summed E-state index contributed by atoms with van der Waals surface area (Å²) in [6, 6.07) is 3.06. The maximum atomic E-state index is 15.2. The van der Waals surface area contributed by atoms with E-state index in [1.807, 2.05) is 0 Å². The summed E-state index contributed by atoms with van der Waals surface area (Å²) in [6.45, 7) is 3.40. The molecular formula is C34H37FN4O7. The van der Waals surface area contributed by atoms with E-state index in [1.54, 1.807) is 24.5 Å². The van der Waals surface area contributed by atoms with Crippen molar-refractivity contribution in [2.75, 3.05) is 19.9 Å². The van der Waals surface area contributed by atoms with Gasteiger partial charge in [0.25, 0.3) is 5.56 Å². The molecular weight excluding hydrogens is 595 g/mol. The van der Waals surface area contributed by atoms with E-state index in [9.17, 15) is 24.3 Å². The zero-order chi connectivity index (χ0) is 32.5. The van der Waals surface area contributed by atoms with Crippen LogP contribution in [0.5, 0.6) is 0 Å². The molecule has 46 heavy (non-hydrogen) atoms. The molecule has 12 heteroatoms. The number of carbonyl (C=O) groups is 3. The maximum absolute atomic E-state index is 15.2. The lowest BCUT2D eigenvalue weighted by molar-refractivity contribution is -0.172. The van der Waals surface area contributed by atoms with Crippen LogP contribution in [-0.2, 0) is 49.0 Å². The average molecular weight is 633 g/mol. The van der Waals surface area contributed by atoms with Crippen molar-refractivity contribution in [3.63, 3.8) is 0 Å². The number of amides is 1. The number of aromatic nitrogens is 2. The highest BCUT2D eigenvalue weighted by molar-refractivity contribution is 5.95. The number of nitrogens with two attached hydrogens (primary N) is 1. The van der Waals surface area contributed by atoms with Gasteiger partial charge in [-0.05, 0) is 67.7 Å². The number of nitrogens with one attached hydrogen (secondary N) is 1. The Morgan fingerprint density at radius 2 is 2.02 bits per heavy atom. The second kappa shape index (κ2) is 11.1. The summed E-state index contributed by atoms with van der Waals surface area (Å²) in [5.41, 5.74) is 7.31. The summed E-state index contributed by atoms with van der Waals surface area (Å²) in [5, 5.41) is 14.7. The van der Waals surface area contributed by atoms with Crippen molar-refractivity contribution in [1.82, 2.24) is 14.9 Å². The Bertz CT molecular complexity index is 1900. The standard InChI is InChI=1S/C34H37FN4O7/c1-3-34(44)22-10-25-30-20(13-39(25)31(42)21(22)14-46-32(34)43)28-18(5-6-19-17(2)23(35)11-24(38-30)29(19)28)9-26(40)33(7-4-8-33)15-45-16-37-27(41)12-36/h10-11,18,44H,3-9,12-16,36H2,1-2H3,(H,37,41)/t18-,34+/m1/s1. The quantitative estimate of drug-likeness (QED) is 0.143. The van der Waals surface area contributed by atoms with E-state index in [1.165, 1.54) is 6.07 Å². The molecule has 0 spiro atoms. The number of ketones is 1. The normalized spacial score (nSPS) is 22.0. The summed E-state index contributed by atoms with van der Waals surface area (Å²) in [6.07, 6.45) is 3.78. The second-order valence-electron chi connectivity index (χ2n) is 13.1. The molecule has 2 aromatic heterocycles. The molecule has 11 nitrogen and oxygen atoms in total. The van der Waals surface area contributed by atoms with Gasteiger partial charge in [0.1, 0.15) is 24.9 Å². The molecule has 4 N–H and O–H groups in total. The number of cyclic esters (lactones) is 1. The van der Waals surface area contributed by atoms with Crippen molar-refractivity contribution < 1.29 is 33.4 Å². The SMILES string of the molecule is CC[C@@]1(O)C(=O)OCc2c1cc1n(c2=O)Cc2c-1nc1cc(F)c(C)c3c1c2[C@@H](CC(=O)C1(COCNC(=O)CN)CCC1)CC3. The number of benzene rings is 1. The van der Waals surface area contributed by atoms with Crippen molar-refractivity contribution in [2.24, 2.45) is 11.1 Å². The molecule has 1 aromatic carbocycles. The van der Waals surface area contributed by atoms with E-state index in [4.69, 9.17) is 20.2 Å². The fourth-order valence-electron chi connectivity index (χ4n) is 7.85. The molecule has 0 saturated heterocycles. The van der Waals surface area contributed by atoms with E-state index in [0.29, 0.717) is 48.2 Å². The Morgan fingerprint density at radius 3 is 2.72 bits per heavy atom. The third kappa shape index (κ3) is 4.44. The molecule has 1 saturated carbocycles. The van der Waals surface area contributed by atoms with Crippen LogP contribution in [0.25, 0.3) is 22.3 Å². The van der Waals surface area contributed by atoms with E-state index in [-0.39, 0.29) is 86.0 Å². The van der Waals surface area contributed by atoms with Gasteiger partial charge in [0.05, 0.1) is 47.6 Å². The molecule has 0 unspecified atom stereocenters. The van der Waals surface area contributed by atoms with Gasteiger partial charge in [-0.25, -0.2) is 14.2 Å². The number of halogens is 1. The summed E-state index contributed by atoms with van der Waals surface area (Å²) in [5.74, 6) is -1.62. The third-order valence-corrected chi connectivity index (χ3v) is 10.8. The molecule has 7 rings (SSSR count). The van der Waals surface area contributed by atoms with Crippen molar-refractivity contribution in [1.29, 1.82) is 0 Å². The monoisotopic (exact) mass is 632 g/mol. The number of nitrogens with zero attached hydrogens (tertiary/aromatic N) is 2.